The zero-order valence-corrected chi connectivity index (χ0v) is 16.3. The Bertz CT molecular complexity index is 887. The number of hydrogen-bond acceptors (Lipinski definition) is 6. The Morgan fingerprint density at radius 1 is 1.38 bits per heavy atom. The molecule has 0 saturated carbocycles. The first-order valence-electron chi connectivity index (χ1n) is 8.94. The van der Waals surface area contributed by atoms with Crippen LogP contribution >= 0.6 is 0 Å². The van der Waals surface area contributed by atoms with Gasteiger partial charge in [-0.3, -0.25) is 9.00 Å². The van der Waals surface area contributed by atoms with E-state index in [0.717, 1.165) is 12.6 Å². The van der Waals surface area contributed by atoms with Crippen LogP contribution in [-0.4, -0.2) is 42.3 Å². The van der Waals surface area contributed by atoms with Crippen molar-refractivity contribution in [1.29, 1.82) is 0 Å². The Morgan fingerprint density at radius 2 is 2.14 bits per heavy atom. The van der Waals surface area contributed by atoms with Crippen LogP contribution in [0.1, 0.15) is 25.3 Å². The molecule has 0 N–H and O–H groups in total. The molecule has 2 aromatic rings. The van der Waals surface area contributed by atoms with Crippen LogP contribution in [0, 0.1) is 5.92 Å². The minimum absolute atomic E-state index is 0.258. The lowest BCUT2D eigenvalue weighted by molar-refractivity contribution is -0.137. The fourth-order valence-corrected chi connectivity index (χ4v) is 3.73. The summed E-state index contributed by atoms with van der Waals surface area (Å²) in [7, 11) is 0. The minimum atomic E-state index is -4.61. The highest BCUT2D eigenvalue weighted by Crippen LogP contribution is 2.30. The van der Waals surface area contributed by atoms with E-state index < -0.39 is 34.8 Å². The van der Waals surface area contributed by atoms with Crippen LogP contribution in [-0.2, 0) is 28.8 Å². The van der Waals surface area contributed by atoms with Gasteiger partial charge in [-0.05, 0) is 31.9 Å². The lowest BCUT2D eigenvalue weighted by atomic mass is 9.97. The molecule has 1 unspecified atom stereocenters. The number of nitrogens with zero attached hydrogens (tertiary/aromatic N) is 5. The molecule has 1 aliphatic rings. The summed E-state index contributed by atoms with van der Waals surface area (Å²) >= 11 is -3.02. The van der Waals surface area contributed by atoms with Gasteiger partial charge >= 0.3 is 6.18 Å². The fourth-order valence-electron chi connectivity index (χ4n) is 3.17. The molecule has 2 atom stereocenters. The molecule has 1 aliphatic heterocycles. The van der Waals surface area contributed by atoms with E-state index in [2.05, 4.69) is 9.97 Å². The van der Waals surface area contributed by atoms with Crippen LogP contribution in [0.2, 0.25) is 0 Å². The number of carbonyl (C=O) groups is 1. The summed E-state index contributed by atoms with van der Waals surface area (Å²) in [5.41, 5.74) is -1.03. The van der Waals surface area contributed by atoms with Crippen LogP contribution in [0.4, 0.5) is 24.8 Å². The molecule has 1 fully saturated rings. The molecule has 3 rings (SSSR count). The third-order valence-corrected chi connectivity index (χ3v) is 5.38. The lowest BCUT2D eigenvalue weighted by Gasteiger charge is -2.35. The quantitative estimate of drug-likeness (QED) is 0.676. The van der Waals surface area contributed by atoms with Gasteiger partial charge in [-0.1, -0.05) is 0 Å². The Labute approximate surface area is 167 Å². The second kappa shape index (κ2) is 8.49. The van der Waals surface area contributed by atoms with Crippen molar-refractivity contribution in [3.05, 3.63) is 36.4 Å². The van der Waals surface area contributed by atoms with E-state index in [1.54, 1.807) is 6.33 Å². The summed E-state index contributed by atoms with van der Waals surface area (Å²) in [4.78, 5) is 22.6. The van der Waals surface area contributed by atoms with E-state index in [0.29, 0.717) is 41.8 Å². The summed E-state index contributed by atoms with van der Waals surface area (Å²) in [5.74, 6) is -1.07. The Hall–Kier alpha value is -2.47. The smallest absolute Gasteiger partial charge is 0.417 e. The standard InChI is InChI=1S/C17H20F3N5O3S/c1-2-23-10-15(22-11-23)24-7-3-4-12(9-24)16(26)25(29(27)28)14-6-5-13(8-21-14)17(18,19)20/h5-6,8,10-12H,2-4,7,9H2,1H3,(H,27,28)/p-1/t12-/m1/s1. The van der Waals surface area contributed by atoms with Crippen molar-refractivity contribution in [3.63, 3.8) is 0 Å². The van der Waals surface area contributed by atoms with E-state index in [1.807, 2.05) is 22.6 Å². The highest BCUT2D eigenvalue weighted by Gasteiger charge is 2.34. The highest BCUT2D eigenvalue weighted by atomic mass is 32.2. The molecule has 0 aliphatic carbocycles. The predicted octanol–water partition coefficient (Wildman–Crippen LogP) is 2.36. The molecule has 1 amide bonds. The van der Waals surface area contributed by atoms with Gasteiger partial charge in [0.25, 0.3) is 0 Å². The molecule has 0 radical (unpaired) electrons. The topological polar surface area (TPSA) is 94.4 Å². The second-order valence-electron chi connectivity index (χ2n) is 6.60. The van der Waals surface area contributed by atoms with Crippen molar-refractivity contribution in [3.8, 4) is 0 Å². The molecule has 158 valence electrons. The van der Waals surface area contributed by atoms with Crippen molar-refractivity contribution in [2.24, 2.45) is 5.92 Å². The van der Waals surface area contributed by atoms with E-state index >= 15 is 0 Å². The number of aryl methyl sites for hydroxylation is 1. The molecule has 1 saturated heterocycles. The first-order chi connectivity index (χ1) is 13.7. The minimum Gasteiger partial charge on any atom is -0.755 e. The summed E-state index contributed by atoms with van der Waals surface area (Å²) < 4.78 is 63.8. The van der Waals surface area contributed by atoms with E-state index in [4.69, 9.17) is 0 Å². The lowest BCUT2D eigenvalue weighted by Crippen LogP contribution is -2.46. The van der Waals surface area contributed by atoms with Crippen LogP contribution in [0.15, 0.2) is 30.9 Å². The van der Waals surface area contributed by atoms with Crippen molar-refractivity contribution in [1.82, 2.24) is 14.5 Å². The zero-order valence-electron chi connectivity index (χ0n) is 15.5. The molecule has 3 heterocycles. The number of pyridine rings is 1. The van der Waals surface area contributed by atoms with Crippen molar-refractivity contribution in [2.45, 2.75) is 32.5 Å². The zero-order chi connectivity index (χ0) is 21.2. The third kappa shape index (κ3) is 4.75. The molecular formula is C17H19F3N5O3S-. The maximum atomic E-state index is 12.9. The number of anilines is 2. The number of imidazole rings is 1. The largest absolute Gasteiger partial charge is 0.755 e. The van der Waals surface area contributed by atoms with Gasteiger partial charge in [-0.25, -0.2) is 14.3 Å². The number of piperidine rings is 1. The molecule has 0 bridgehead atoms. The summed E-state index contributed by atoms with van der Waals surface area (Å²) in [5, 5.41) is 0. The Kier molecular flexibility index (Phi) is 6.22. The van der Waals surface area contributed by atoms with Gasteiger partial charge in [0.05, 0.1) is 29.1 Å². The summed E-state index contributed by atoms with van der Waals surface area (Å²) in [6.45, 7) is 3.63. The average Bonchev–Trinajstić information content (AvgIpc) is 3.17. The van der Waals surface area contributed by atoms with Gasteiger partial charge < -0.3 is 14.0 Å². The number of amides is 1. The molecule has 12 heteroatoms. The third-order valence-electron chi connectivity index (χ3n) is 4.71. The normalized spacial score (nSPS) is 18.5. The number of rotatable bonds is 5. The maximum absolute atomic E-state index is 12.9. The molecule has 0 spiro atoms. The van der Waals surface area contributed by atoms with Crippen molar-refractivity contribution >= 4 is 28.8 Å². The molecule has 0 aromatic carbocycles. The van der Waals surface area contributed by atoms with Crippen LogP contribution in [0.5, 0.6) is 0 Å². The van der Waals surface area contributed by atoms with Crippen molar-refractivity contribution < 1.29 is 26.7 Å². The monoisotopic (exact) mass is 430 g/mol. The van der Waals surface area contributed by atoms with Crippen LogP contribution in [0.25, 0.3) is 0 Å². The van der Waals surface area contributed by atoms with Crippen LogP contribution in [0.3, 0.4) is 0 Å². The SMILES string of the molecule is CCn1cnc(N2CCC[C@@H](C(=O)N(c3ccc(C(F)(F)F)cn3)S(=O)[O-])C2)c1. The van der Waals surface area contributed by atoms with Gasteiger partial charge in [0.15, 0.2) is 0 Å². The van der Waals surface area contributed by atoms with Gasteiger partial charge in [0, 0.05) is 32.0 Å². The van der Waals surface area contributed by atoms with Gasteiger partial charge in [-0.2, -0.15) is 13.2 Å². The second-order valence-corrected chi connectivity index (χ2v) is 7.40. The molecule has 2 aromatic heterocycles. The Balaban J connectivity index is 1.79. The highest BCUT2D eigenvalue weighted by molar-refractivity contribution is 7.81. The predicted molar refractivity (Wildman–Crippen MR) is 98.5 cm³/mol. The first kappa shape index (κ1) is 21.2. The number of halogens is 3. The summed E-state index contributed by atoms with van der Waals surface area (Å²) in [6.07, 6.45) is 0.517. The van der Waals surface area contributed by atoms with Crippen LogP contribution < -0.4 is 9.21 Å². The molecule has 8 nitrogen and oxygen atoms in total. The molecular weight excluding hydrogens is 411 g/mol. The molecule has 29 heavy (non-hydrogen) atoms. The van der Waals surface area contributed by atoms with Gasteiger partial charge in [0.2, 0.25) is 5.91 Å². The van der Waals surface area contributed by atoms with E-state index in [-0.39, 0.29) is 12.4 Å². The number of carbonyl (C=O) groups excluding carboxylic acids is 1. The first-order valence-corrected chi connectivity index (χ1v) is 9.97. The number of alkyl halides is 3. The maximum Gasteiger partial charge on any atom is 0.417 e. The number of hydrogen-bond donors (Lipinski definition) is 0. The fraction of sp³-hybridized carbons (Fsp3) is 0.471. The van der Waals surface area contributed by atoms with Crippen molar-refractivity contribution in [2.75, 3.05) is 22.3 Å². The van der Waals surface area contributed by atoms with E-state index in [9.17, 15) is 26.7 Å². The van der Waals surface area contributed by atoms with E-state index in [1.165, 1.54) is 0 Å². The average molecular weight is 430 g/mol. The van der Waals surface area contributed by atoms with Gasteiger partial charge in [-0.15, -0.1) is 0 Å². The Morgan fingerprint density at radius 3 is 2.69 bits per heavy atom. The summed E-state index contributed by atoms with van der Waals surface area (Å²) in [6, 6.07) is 1.57. The van der Waals surface area contributed by atoms with Gasteiger partial charge in [0.1, 0.15) is 11.6 Å². The number of aromatic nitrogens is 3.